The zero-order chi connectivity index (χ0) is 22.1. The molecule has 166 valence electrons. The maximum absolute atomic E-state index is 12.3. The highest BCUT2D eigenvalue weighted by Crippen LogP contribution is 2.40. The van der Waals surface area contributed by atoms with Crippen molar-refractivity contribution >= 4 is 11.8 Å². The predicted octanol–water partition coefficient (Wildman–Crippen LogP) is 6.75. The summed E-state index contributed by atoms with van der Waals surface area (Å²) in [7, 11) is 0. The summed E-state index contributed by atoms with van der Waals surface area (Å²) < 4.78 is 5.45. The highest BCUT2D eigenvalue weighted by atomic mass is 16.6. The van der Waals surface area contributed by atoms with E-state index in [9.17, 15) is 9.59 Å². The normalized spacial score (nSPS) is 18.5. The molecule has 0 bridgehead atoms. The molecule has 2 aromatic carbocycles. The summed E-state index contributed by atoms with van der Waals surface area (Å²) in [5.41, 5.74) is 2.42. The Hall–Kier alpha value is -2.42. The van der Waals surface area contributed by atoms with E-state index < -0.39 is 0 Å². The Labute approximate surface area is 187 Å². The Morgan fingerprint density at radius 2 is 1.55 bits per heavy atom. The minimum atomic E-state index is -0.175. The Balaban J connectivity index is 1.35. The van der Waals surface area contributed by atoms with E-state index in [4.69, 9.17) is 4.74 Å². The zero-order valence-corrected chi connectivity index (χ0v) is 19.0. The molecular formula is C28H36O3. The van der Waals surface area contributed by atoms with Crippen LogP contribution in [0, 0.1) is 0 Å². The van der Waals surface area contributed by atoms with Crippen molar-refractivity contribution < 1.29 is 14.3 Å². The van der Waals surface area contributed by atoms with Crippen molar-refractivity contribution in [2.45, 2.75) is 89.1 Å². The van der Waals surface area contributed by atoms with Gasteiger partial charge >= 0.3 is 5.97 Å². The van der Waals surface area contributed by atoms with Crippen LogP contribution in [-0.4, -0.2) is 17.9 Å². The molecule has 3 rings (SSSR count). The van der Waals surface area contributed by atoms with E-state index >= 15 is 0 Å². The summed E-state index contributed by atoms with van der Waals surface area (Å²) >= 11 is 0. The van der Waals surface area contributed by atoms with Gasteiger partial charge < -0.3 is 4.74 Å². The first-order chi connectivity index (χ1) is 15.0. The van der Waals surface area contributed by atoms with Crippen molar-refractivity contribution in [3.8, 4) is 0 Å². The van der Waals surface area contributed by atoms with Gasteiger partial charge in [-0.25, -0.2) is 0 Å². The van der Waals surface area contributed by atoms with Gasteiger partial charge in [-0.3, -0.25) is 9.59 Å². The number of hydrogen-bond donors (Lipinski definition) is 0. The Kier molecular flexibility index (Phi) is 8.45. The molecule has 1 aliphatic heterocycles. The molecule has 0 amide bonds. The maximum atomic E-state index is 12.3. The number of ketones is 1. The van der Waals surface area contributed by atoms with Crippen molar-refractivity contribution in [3.63, 3.8) is 0 Å². The van der Waals surface area contributed by atoms with Crippen molar-refractivity contribution in [1.29, 1.82) is 0 Å². The second-order valence-corrected chi connectivity index (χ2v) is 9.27. The molecule has 2 aromatic rings. The summed E-state index contributed by atoms with van der Waals surface area (Å²) in [6, 6.07) is 20.9. The molecule has 0 radical (unpaired) electrons. The number of rotatable bonds is 13. The standard InChI is InChI=1S/C28H36O3/c1-22(23-14-5-3-6-15-23)13-9-10-18-25(29)19-11-12-20-28(2,26-21-27(30)31-26)24-16-7-4-8-17-24/h3-8,14-17,22,26H,9-13,18-21H2,1-2H3. The molecule has 0 N–H and O–H groups in total. The van der Waals surface area contributed by atoms with E-state index in [1.807, 2.05) is 18.2 Å². The number of carbonyl (C=O) groups excluding carboxylic acids is 2. The van der Waals surface area contributed by atoms with E-state index in [1.165, 1.54) is 11.1 Å². The lowest BCUT2D eigenvalue weighted by Crippen LogP contribution is -2.48. The molecule has 3 atom stereocenters. The Morgan fingerprint density at radius 1 is 0.968 bits per heavy atom. The lowest BCUT2D eigenvalue weighted by Gasteiger charge is -2.42. The number of benzene rings is 2. The number of unbranched alkanes of at least 4 members (excludes halogenated alkanes) is 2. The topological polar surface area (TPSA) is 43.4 Å². The lowest BCUT2D eigenvalue weighted by atomic mass is 9.71. The summed E-state index contributed by atoms with van der Waals surface area (Å²) in [5, 5.41) is 0. The van der Waals surface area contributed by atoms with E-state index in [1.54, 1.807) is 0 Å². The van der Waals surface area contributed by atoms with E-state index in [-0.39, 0.29) is 17.5 Å². The van der Waals surface area contributed by atoms with Gasteiger partial charge in [0, 0.05) is 18.3 Å². The van der Waals surface area contributed by atoms with Gasteiger partial charge in [-0.2, -0.15) is 0 Å². The third-order valence-electron chi connectivity index (χ3n) is 6.88. The number of Topliss-reactive ketones (excluding diaryl/α,β-unsaturated/α-hetero) is 1. The van der Waals surface area contributed by atoms with Crippen molar-refractivity contribution in [2.75, 3.05) is 0 Å². The molecule has 0 spiro atoms. The lowest BCUT2D eigenvalue weighted by molar-refractivity contribution is -0.177. The van der Waals surface area contributed by atoms with Gasteiger partial charge in [-0.15, -0.1) is 0 Å². The van der Waals surface area contributed by atoms with Crippen LogP contribution in [0.25, 0.3) is 0 Å². The molecule has 0 aromatic heterocycles. The van der Waals surface area contributed by atoms with Gasteiger partial charge in [-0.1, -0.05) is 87.4 Å². The van der Waals surface area contributed by atoms with Gasteiger partial charge in [0.15, 0.2) is 0 Å². The molecule has 3 heteroatoms. The zero-order valence-electron chi connectivity index (χ0n) is 19.0. The summed E-state index contributed by atoms with van der Waals surface area (Å²) in [6.45, 7) is 4.45. The van der Waals surface area contributed by atoms with Crippen molar-refractivity contribution in [2.24, 2.45) is 0 Å². The van der Waals surface area contributed by atoms with Crippen LogP contribution in [0.15, 0.2) is 60.7 Å². The van der Waals surface area contributed by atoms with Gasteiger partial charge in [-0.05, 0) is 42.7 Å². The predicted molar refractivity (Wildman–Crippen MR) is 125 cm³/mol. The smallest absolute Gasteiger partial charge is 0.309 e. The molecule has 3 nitrogen and oxygen atoms in total. The van der Waals surface area contributed by atoms with Crippen LogP contribution >= 0.6 is 0 Å². The monoisotopic (exact) mass is 420 g/mol. The van der Waals surface area contributed by atoms with Crippen LogP contribution in [-0.2, 0) is 19.7 Å². The molecular weight excluding hydrogens is 384 g/mol. The summed E-state index contributed by atoms with van der Waals surface area (Å²) in [6.07, 6.45) is 7.80. The fourth-order valence-electron chi connectivity index (χ4n) is 4.63. The Morgan fingerprint density at radius 3 is 2.16 bits per heavy atom. The SMILES string of the molecule is CC(CCCCC(=O)CCCCC(C)(c1ccccc1)C1CC(=O)O1)c1ccccc1. The third kappa shape index (κ3) is 6.53. The average Bonchev–Trinajstić information content (AvgIpc) is 2.78. The Bertz CT molecular complexity index is 822. The number of hydrogen-bond acceptors (Lipinski definition) is 3. The first kappa shape index (κ1) is 23.2. The van der Waals surface area contributed by atoms with E-state index in [0.717, 1.165) is 38.5 Å². The number of esters is 1. The second kappa shape index (κ2) is 11.3. The molecule has 0 aliphatic carbocycles. The van der Waals surface area contributed by atoms with Crippen molar-refractivity contribution in [3.05, 3.63) is 71.8 Å². The largest absolute Gasteiger partial charge is 0.461 e. The molecule has 1 fully saturated rings. The van der Waals surface area contributed by atoms with Crippen LogP contribution in [0.2, 0.25) is 0 Å². The molecule has 1 heterocycles. The average molecular weight is 421 g/mol. The molecule has 3 unspecified atom stereocenters. The number of ether oxygens (including phenoxy) is 1. The highest BCUT2D eigenvalue weighted by Gasteiger charge is 2.45. The van der Waals surface area contributed by atoms with E-state index in [2.05, 4.69) is 56.3 Å². The molecule has 31 heavy (non-hydrogen) atoms. The fraction of sp³-hybridized carbons (Fsp3) is 0.500. The van der Waals surface area contributed by atoms with Crippen LogP contribution in [0.5, 0.6) is 0 Å². The molecule has 1 aliphatic rings. The second-order valence-electron chi connectivity index (χ2n) is 9.27. The minimum Gasteiger partial charge on any atom is -0.461 e. The quantitative estimate of drug-likeness (QED) is 0.266. The third-order valence-corrected chi connectivity index (χ3v) is 6.88. The fourth-order valence-corrected chi connectivity index (χ4v) is 4.63. The van der Waals surface area contributed by atoms with Gasteiger partial charge in [0.05, 0.1) is 6.42 Å². The summed E-state index contributed by atoms with van der Waals surface area (Å²) in [5.74, 6) is 0.820. The van der Waals surface area contributed by atoms with Gasteiger partial charge in [0.1, 0.15) is 11.9 Å². The van der Waals surface area contributed by atoms with Gasteiger partial charge in [0.25, 0.3) is 0 Å². The molecule has 1 saturated heterocycles. The van der Waals surface area contributed by atoms with Crippen LogP contribution < -0.4 is 0 Å². The maximum Gasteiger partial charge on any atom is 0.309 e. The van der Waals surface area contributed by atoms with E-state index in [0.29, 0.717) is 31.0 Å². The van der Waals surface area contributed by atoms with Gasteiger partial charge in [0.2, 0.25) is 0 Å². The first-order valence-corrected chi connectivity index (χ1v) is 11.8. The minimum absolute atomic E-state index is 0.0512. The molecule has 0 saturated carbocycles. The van der Waals surface area contributed by atoms with Crippen LogP contribution in [0.4, 0.5) is 0 Å². The highest BCUT2D eigenvalue weighted by molar-refractivity contribution is 5.78. The van der Waals surface area contributed by atoms with Crippen LogP contribution in [0.1, 0.15) is 88.7 Å². The first-order valence-electron chi connectivity index (χ1n) is 11.8. The van der Waals surface area contributed by atoms with Crippen molar-refractivity contribution in [1.82, 2.24) is 0 Å². The summed E-state index contributed by atoms with van der Waals surface area (Å²) in [4.78, 5) is 23.7. The number of carbonyl (C=O) groups is 2. The number of cyclic esters (lactones) is 1. The van der Waals surface area contributed by atoms with Crippen LogP contribution in [0.3, 0.4) is 0 Å².